The Morgan fingerprint density at radius 1 is 1.06 bits per heavy atom. The van der Waals surface area contributed by atoms with E-state index in [1.54, 1.807) is 24.3 Å². The molecule has 0 fully saturated rings. The van der Waals surface area contributed by atoms with Crippen molar-refractivity contribution in [3.63, 3.8) is 0 Å². The van der Waals surface area contributed by atoms with E-state index in [4.69, 9.17) is 32.7 Å². The lowest BCUT2D eigenvalue weighted by atomic mass is 10.1. The molecule has 0 atom stereocenters. The molecule has 0 aliphatic carbocycles. The monoisotopic (exact) mass is 519 g/mol. The van der Waals surface area contributed by atoms with Gasteiger partial charge in [-0.15, -0.1) is 0 Å². The van der Waals surface area contributed by atoms with Crippen LogP contribution in [0.15, 0.2) is 60.7 Å². The van der Waals surface area contributed by atoms with E-state index in [-0.39, 0.29) is 5.91 Å². The number of hydrogen-bond acceptors (Lipinski definition) is 3. The lowest BCUT2D eigenvalue weighted by Gasteiger charge is -2.19. The van der Waals surface area contributed by atoms with Crippen molar-refractivity contribution in [1.82, 2.24) is 3.93 Å². The van der Waals surface area contributed by atoms with Gasteiger partial charge in [-0.25, -0.2) is 0 Å². The van der Waals surface area contributed by atoms with Gasteiger partial charge in [0.2, 0.25) is 0 Å². The molecule has 0 spiro atoms. The molecule has 4 nitrogen and oxygen atoms in total. The highest BCUT2D eigenvalue weighted by atomic mass is 79.9. The number of nitrogens with zero attached hydrogens (tertiary/aromatic N) is 1. The molecule has 0 bridgehead atoms. The van der Waals surface area contributed by atoms with Crippen LogP contribution in [0.4, 0.5) is 0 Å². The number of rotatable bonds is 6. The summed E-state index contributed by atoms with van der Waals surface area (Å²) in [5.41, 5.74) is 2.76. The molecule has 0 N–H and O–H groups in total. The van der Waals surface area contributed by atoms with Gasteiger partial charge < -0.3 is 9.47 Å². The summed E-state index contributed by atoms with van der Waals surface area (Å²) in [6.45, 7) is 1.23. The molecule has 3 aromatic rings. The van der Waals surface area contributed by atoms with Crippen molar-refractivity contribution < 1.29 is 14.3 Å². The van der Waals surface area contributed by atoms with Gasteiger partial charge >= 0.3 is 0 Å². The fourth-order valence-corrected chi connectivity index (χ4v) is 4.07. The maximum atomic E-state index is 12.7. The normalized spacial score (nSPS) is 12.6. The van der Waals surface area contributed by atoms with Crippen LogP contribution in [0.25, 0.3) is 0 Å². The van der Waals surface area contributed by atoms with Crippen LogP contribution in [-0.4, -0.2) is 23.0 Å². The number of carbonyl (C=O) groups is 1. The predicted octanol–water partition coefficient (Wildman–Crippen LogP) is 7.11. The average Bonchev–Trinajstić information content (AvgIpc) is 2.79. The van der Waals surface area contributed by atoms with Gasteiger partial charge in [-0.05, 0) is 72.9 Å². The number of halogens is 3. The van der Waals surface area contributed by atoms with E-state index in [0.29, 0.717) is 46.7 Å². The molecule has 3 aromatic carbocycles. The first-order valence-corrected chi connectivity index (χ1v) is 11.4. The molecular weight excluding hydrogens is 501 g/mol. The van der Waals surface area contributed by atoms with Crippen molar-refractivity contribution in [2.75, 3.05) is 13.2 Å². The molecule has 0 radical (unpaired) electrons. The Hall–Kier alpha value is -2.21. The highest BCUT2D eigenvalue weighted by Gasteiger charge is 2.16. The summed E-state index contributed by atoms with van der Waals surface area (Å²) in [5, 5.41) is 1.24. The molecule has 7 heteroatoms. The Labute approximate surface area is 200 Å². The molecule has 160 valence electrons. The number of carbonyl (C=O) groups excluding carboxylic acids is 1. The molecule has 0 aromatic heterocycles. The van der Waals surface area contributed by atoms with Crippen LogP contribution in [0.1, 0.15) is 27.9 Å². The van der Waals surface area contributed by atoms with E-state index in [1.165, 1.54) is 3.93 Å². The topological polar surface area (TPSA) is 38.8 Å². The number of benzene rings is 3. The van der Waals surface area contributed by atoms with Gasteiger partial charge in [-0.2, -0.15) is 0 Å². The first kappa shape index (κ1) is 22.0. The Morgan fingerprint density at radius 2 is 1.81 bits per heavy atom. The highest BCUT2D eigenvalue weighted by molar-refractivity contribution is 9.07. The van der Waals surface area contributed by atoms with Gasteiger partial charge in [-0.3, -0.25) is 8.72 Å². The summed E-state index contributed by atoms with van der Waals surface area (Å²) < 4.78 is 13.1. The van der Waals surface area contributed by atoms with Crippen LogP contribution in [0, 0.1) is 0 Å². The fourth-order valence-electron chi connectivity index (χ4n) is 3.34. The Morgan fingerprint density at radius 3 is 2.55 bits per heavy atom. The maximum absolute atomic E-state index is 12.7. The molecule has 1 aliphatic heterocycles. The molecule has 1 amide bonds. The minimum Gasteiger partial charge on any atom is -0.493 e. The summed E-state index contributed by atoms with van der Waals surface area (Å²) in [6.07, 6.45) is 2.66. The minimum atomic E-state index is -0.124. The number of ether oxygens (including phenoxy) is 2. The number of fused-ring (bicyclic) bond motifs is 1. The Kier molecular flexibility index (Phi) is 7.06. The van der Waals surface area contributed by atoms with E-state index in [9.17, 15) is 4.79 Å². The SMILES string of the molecule is O=C(c1ccc(Oc2cc3c(cc2Cl)CCCO3)cc1)N(Br)CCc1ccc(Cl)cc1. The lowest BCUT2D eigenvalue weighted by molar-refractivity contribution is 0.0880. The quantitative estimate of drug-likeness (QED) is 0.325. The molecule has 31 heavy (non-hydrogen) atoms. The summed E-state index contributed by atoms with van der Waals surface area (Å²) in [4.78, 5) is 12.7. The van der Waals surface area contributed by atoms with Crippen molar-refractivity contribution in [1.29, 1.82) is 0 Å². The van der Waals surface area contributed by atoms with Crippen molar-refractivity contribution >= 4 is 45.3 Å². The summed E-state index contributed by atoms with van der Waals surface area (Å²) in [7, 11) is 0. The molecule has 1 aliphatic rings. The molecule has 0 saturated carbocycles. The third kappa shape index (κ3) is 5.53. The second-order valence-electron chi connectivity index (χ2n) is 7.24. The molecule has 0 unspecified atom stereocenters. The zero-order valence-electron chi connectivity index (χ0n) is 16.6. The number of amides is 1. The van der Waals surface area contributed by atoms with Crippen LogP contribution in [0.2, 0.25) is 10.0 Å². The standard InChI is InChI=1S/C24H20BrCl2NO3/c25-28(12-11-16-3-7-19(26)8-4-16)24(29)17-5-9-20(10-6-17)31-23-15-22-18(14-21(23)27)2-1-13-30-22/h3-10,14-15H,1-2,11-13H2. The molecular formula is C24H20BrCl2NO3. The maximum Gasteiger partial charge on any atom is 0.263 e. The van der Waals surface area contributed by atoms with Gasteiger partial charge in [0.1, 0.15) is 17.2 Å². The first-order valence-electron chi connectivity index (χ1n) is 9.95. The largest absolute Gasteiger partial charge is 0.493 e. The van der Waals surface area contributed by atoms with Gasteiger partial charge in [0.25, 0.3) is 5.91 Å². The molecule has 1 heterocycles. The van der Waals surface area contributed by atoms with Crippen LogP contribution in [0.5, 0.6) is 17.2 Å². The zero-order valence-corrected chi connectivity index (χ0v) is 19.7. The van der Waals surface area contributed by atoms with Gasteiger partial charge in [0.15, 0.2) is 0 Å². The van der Waals surface area contributed by atoms with E-state index in [2.05, 4.69) is 16.1 Å². The smallest absolute Gasteiger partial charge is 0.263 e. The van der Waals surface area contributed by atoms with Crippen LogP contribution in [0.3, 0.4) is 0 Å². The van der Waals surface area contributed by atoms with Crippen LogP contribution < -0.4 is 9.47 Å². The highest BCUT2D eigenvalue weighted by Crippen LogP contribution is 2.37. The van der Waals surface area contributed by atoms with E-state index < -0.39 is 0 Å². The Balaban J connectivity index is 1.38. The fraction of sp³-hybridized carbons (Fsp3) is 0.208. The average molecular weight is 521 g/mol. The zero-order chi connectivity index (χ0) is 21.8. The predicted molar refractivity (Wildman–Crippen MR) is 127 cm³/mol. The van der Waals surface area contributed by atoms with E-state index in [0.717, 1.165) is 29.7 Å². The van der Waals surface area contributed by atoms with Gasteiger partial charge in [-0.1, -0.05) is 35.3 Å². The third-order valence-corrected chi connectivity index (χ3v) is 6.25. The minimum absolute atomic E-state index is 0.124. The van der Waals surface area contributed by atoms with E-state index >= 15 is 0 Å². The third-order valence-electron chi connectivity index (χ3n) is 5.02. The van der Waals surface area contributed by atoms with Crippen molar-refractivity contribution in [2.45, 2.75) is 19.3 Å². The summed E-state index contributed by atoms with van der Waals surface area (Å²) in [6, 6.07) is 18.3. The van der Waals surface area contributed by atoms with E-state index in [1.807, 2.05) is 36.4 Å². The van der Waals surface area contributed by atoms with Crippen molar-refractivity contribution in [3.8, 4) is 17.2 Å². The van der Waals surface area contributed by atoms with Crippen LogP contribution >= 0.6 is 39.3 Å². The lowest BCUT2D eigenvalue weighted by Crippen LogP contribution is -2.23. The number of aryl methyl sites for hydroxylation is 1. The van der Waals surface area contributed by atoms with Gasteiger partial charge in [0.05, 0.1) is 27.8 Å². The Bertz CT molecular complexity index is 1070. The summed E-state index contributed by atoms with van der Waals surface area (Å²) in [5.74, 6) is 1.82. The second-order valence-corrected chi connectivity index (χ2v) is 8.94. The van der Waals surface area contributed by atoms with Gasteiger partial charge in [0, 0.05) is 23.2 Å². The molecule has 4 rings (SSSR count). The number of hydrogen-bond donors (Lipinski definition) is 0. The van der Waals surface area contributed by atoms with Crippen molar-refractivity contribution in [3.05, 3.63) is 87.4 Å². The first-order chi connectivity index (χ1) is 15.0. The van der Waals surface area contributed by atoms with Crippen molar-refractivity contribution in [2.24, 2.45) is 0 Å². The summed E-state index contributed by atoms with van der Waals surface area (Å²) >= 11 is 15.6. The van der Waals surface area contributed by atoms with Crippen LogP contribution in [-0.2, 0) is 12.8 Å². The molecule has 0 saturated heterocycles. The second kappa shape index (κ2) is 9.94.